The molecule has 0 atom stereocenters. The first-order valence-corrected chi connectivity index (χ1v) is 6.53. The molecule has 0 unspecified atom stereocenters. The molecule has 2 aromatic rings. The number of rotatable bonds is 6. The van der Waals surface area contributed by atoms with Crippen LogP contribution in [0.15, 0.2) is 24.3 Å². The molecule has 0 aliphatic heterocycles. The second-order valence-corrected chi connectivity index (χ2v) is 4.45. The number of nitrogens with one attached hydrogen (secondary N) is 1. The molecule has 6 nitrogen and oxygen atoms in total. The third kappa shape index (κ3) is 3.82. The normalized spacial score (nSPS) is 10.3. The summed E-state index contributed by atoms with van der Waals surface area (Å²) in [5, 5.41) is 2.97. The number of nitrogens with zero attached hydrogens (tertiary/aromatic N) is 2. The van der Waals surface area contributed by atoms with Crippen molar-refractivity contribution in [1.82, 2.24) is 9.97 Å². The summed E-state index contributed by atoms with van der Waals surface area (Å²) in [5.41, 5.74) is 1.10. The van der Waals surface area contributed by atoms with Crippen molar-refractivity contribution in [1.29, 1.82) is 0 Å². The van der Waals surface area contributed by atoms with Gasteiger partial charge in [0.1, 0.15) is 12.4 Å². The van der Waals surface area contributed by atoms with E-state index in [1.807, 2.05) is 25.1 Å². The van der Waals surface area contributed by atoms with Gasteiger partial charge in [0.15, 0.2) is 17.3 Å². The minimum atomic E-state index is 0.316. The van der Waals surface area contributed by atoms with E-state index in [4.69, 9.17) is 14.2 Å². The Morgan fingerprint density at radius 2 is 1.90 bits per heavy atom. The fourth-order valence-corrected chi connectivity index (χ4v) is 1.82. The fourth-order valence-electron chi connectivity index (χ4n) is 1.82. The highest BCUT2D eigenvalue weighted by atomic mass is 16.5. The van der Waals surface area contributed by atoms with Crippen molar-refractivity contribution in [3.8, 4) is 17.4 Å². The summed E-state index contributed by atoms with van der Waals surface area (Å²) in [5.74, 6) is 2.91. The van der Waals surface area contributed by atoms with E-state index in [0.29, 0.717) is 35.6 Å². The Hall–Kier alpha value is -2.34. The molecule has 0 radical (unpaired) electrons. The van der Waals surface area contributed by atoms with Gasteiger partial charge >= 0.3 is 0 Å². The summed E-state index contributed by atoms with van der Waals surface area (Å²) in [6.07, 6.45) is 0. The lowest BCUT2D eigenvalue weighted by atomic mass is 10.2. The quantitative estimate of drug-likeness (QED) is 0.882. The highest BCUT2D eigenvalue weighted by Crippen LogP contribution is 2.32. The Morgan fingerprint density at radius 3 is 2.57 bits per heavy atom. The molecule has 112 valence electrons. The summed E-state index contributed by atoms with van der Waals surface area (Å²) >= 11 is 0. The first kappa shape index (κ1) is 15.1. The van der Waals surface area contributed by atoms with Crippen LogP contribution in [-0.4, -0.2) is 31.2 Å². The van der Waals surface area contributed by atoms with E-state index in [1.165, 1.54) is 0 Å². The number of hydrogen-bond acceptors (Lipinski definition) is 6. The molecular formula is C15H19N3O3. The smallest absolute Gasteiger partial charge is 0.224 e. The molecule has 6 heteroatoms. The topological polar surface area (TPSA) is 65.5 Å². The van der Waals surface area contributed by atoms with E-state index >= 15 is 0 Å². The number of aryl methyl sites for hydroxylation is 1. The van der Waals surface area contributed by atoms with E-state index < -0.39 is 0 Å². The molecule has 21 heavy (non-hydrogen) atoms. The lowest BCUT2D eigenvalue weighted by Crippen LogP contribution is -2.03. The predicted octanol–water partition coefficient (Wildman–Crippen LogP) is 2.77. The summed E-state index contributed by atoms with van der Waals surface area (Å²) in [6, 6.07) is 7.43. The molecule has 0 aliphatic carbocycles. The van der Waals surface area contributed by atoms with Crippen LogP contribution < -0.4 is 14.8 Å². The van der Waals surface area contributed by atoms with Gasteiger partial charge in [-0.25, -0.2) is 4.98 Å². The zero-order chi connectivity index (χ0) is 15.2. The number of benzene rings is 1. The van der Waals surface area contributed by atoms with Gasteiger partial charge in [0, 0.05) is 20.2 Å². The number of methoxy groups -OCH3 is 2. The van der Waals surface area contributed by atoms with E-state index in [-0.39, 0.29) is 0 Å². The van der Waals surface area contributed by atoms with Crippen molar-refractivity contribution < 1.29 is 14.2 Å². The summed E-state index contributed by atoms with van der Waals surface area (Å²) in [7, 11) is 4.99. The minimum Gasteiger partial charge on any atom is -0.493 e. The zero-order valence-corrected chi connectivity index (χ0v) is 12.6. The first-order valence-electron chi connectivity index (χ1n) is 6.53. The van der Waals surface area contributed by atoms with Crippen molar-refractivity contribution in [2.45, 2.75) is 13.5 Å². The predicted molar refractivity (Wildman–Crippen MR) is 80.1 cm³/mol. The second kappa shape index (κ2) is 6.90. The average Bonchev–Trinajstić information content (AvgIpc) is 2.49. The Kier molecular flexibility index (Phi) is 4.94. The van der Waals surface area contributed by atoms with Crippen LogP contribution in [0.25, 0.3) is 0 Å². The van der Waals surface area contributed by atoms with E-state index in [1.54, 1.807) is 27.3 Å². The van der Waals surface area contributed by atoms with Crippen LogP contribution in [0.1, 0.15) is 11.4 Å². The van der Waals surface area contributed by atoms with Gasteiger partial charge in [-0.3, -0.25) is 0 Å². The molecule has 1 aromatic heterocycles. The molecule has 2 rings (SSSR count). The summed E-state index contributed by atoms with van der Waals surface area (Å²) in [6.45, 7) is 2.31. The summed E-state index contributed by atoms with van der Waals surface area (Å²) in [4.78, 5) is 8.59. The van der Waals surface area contributed by atoms with Crippen LogP contribution in [0.2, 0.25) is 0 Å². The highest BCUT2D eigenvalue weighted by Gasteiger charge is 2.10. The molecule has 0 bridgehead atoms. The van der Waals surface area contributed by atoms with Gasteiger partial charge < -0.3 is 19.5 Å². The molecule has 0 aliphatic rings. The second-order valence-electron chi connectivity index (χ2n) is 4.45. The third-order valence-corrected chi connectivity index (χ3v) is 2.81. The number of hydrogen-bond donors (Lipinski definition) is 1. The van der Waals surface area contributed by atoms with Gasteiger partial charge in [-0.2, -0.15) is 4.98 Å². The number of ether oxygens (including phenoxy) is 3. The molecule has 1 aromatic carbocycles. The van der Waals surface area contributed by atoms with Crippen molar-refractivity contribution in [3.05, 3.63) is 35.7 Å². The standard InChI is InChI=1S/C15H19N3O3/c1-10-5-6-11(12(7-10)20-4)21-15-8-13(16-2)17-14(18-15)9-19-3/h5-8H,9H2,1-4H3,(H,16,17,18). The van der Waals surface area contributed by atoms with Crippen LogP contribution in [0.5, 0.6) is 17.4 Å². The van der Waals surface area contributed by atoms with Gasteiger partial charge in [0.05, 0.1) is 7.11 Å². The third-order valence-electron chi connectivity index (χ3n) is 2.81. The van der Waals surface area contributed by atoms with Crippen molar-refractivity contribution in [3.63, 3.8) is 0 Å². The van der Waals surface area contributed by atoms with Gasteiger partial charge in [-0.15, -0.1) is 0 Å². The molecular weight excluding hydrogens is 270 g/mol. The molecule has 1 N–H and O–H groups in total. The van der Waals surface area contributed by atoms with E-state index in [0.717, 1.165) is 5.56 Å². The van der Waals surface area contributed by atoms with Gasteiger partial charge in [0.2, 0.25) is 5.88 Å². The zero-order valence-electron chi connectivity index (χ0n) is 12.6. The van der Waals surface area contributed by atoms with Gasteiger partial charge in [-0.05, 0) is 24.6 Å². The maximum atomic E-state index is 5.81. The SMILES string of the molecule is CNc1cc(Oc2ccc(C)cc2OC)nc(COC)n1. The van der Waals surface area contributed by atoms with Crippen LogP contribution >= 0.6 is 0 Å². The Balaban J connectivity index is 2.32. The molecule has 0 saturated carbocycles. The maximum absolute atomic E-state index is 5.81. The molecule has 0 amide bonds. The molecule has 0 fully saturated rings. The van der Waals surface area contributed by atoms with Crippen LogP contribution in [-0.2, 0) is 11.3 Å². The van der Waals surface area contributed by atoms with Crippen molar-refractivity contribution >= 4 is 5.82 Å². The average molecular weight is 289 g/mol. The lowest BCUT2D eigenvalue weighted by Gasteiger charge is -2.12. The van der Waals surface area contributed by atoms with E-state index in [2.05, 4.69) is 15.3 Å². The minimum absolute atomic E-state index is 0.316. The van der Waals surface area contributed by atoms with Crippen LogP contribution in [0.4, 0.5) is 5.82 Å². The van der Waals surface area contributed by atoms with E-state index in [9.17, 15) is 0 Å². The van der Waals surface area contributed by atoms with Crippen molar-refractivity contribution in [2.24, 2.45) is 0 Å². The van der Waals surface area contributed by atoms with Gasteiger partial charge in [0.25, 0.3) is 0 Å². The first-order chi connectivity index (χ1) is 10.2. The van der Waals surface area contributed by atoms with Crippen molar-refractivity contribution in [2.75, 3.05) is 26.6 Å². The Labute approximate surface area is 124 Å². The Morgan fingerprint density at radius 1 is 1.10 bits per heavy atom. The lowest BCUT2D eigenvalue weighted by molar-refractivity contribution is 0.177. The largest absolute Gasteiger partial charge is 0.493 e. The van der Waals surface area contributed by atoms with Crippen LogP contribution in [0, 0.1) is 6.92 Å². The number of anilines is 1. The molecule has 1 heterocycles. The highest BCUT2D eigenvalue weighted by molar-refractivity contribution is 5.46. The molecule has 0 spiro atoms. The molecule has 0 saturated heterocycles. The maximum Gasteiger partial charge on any atom is 0.224 e. The summed E-state index contributed by atoms with van der Waals surface area (Å²) < 4.78 is 16.2. The van der Waals surface area contributed by atoms with Crippen LogP contribution in [0.3, 0.4) is 0 Å². The monoisotopic (exact) mass is 289 g/mol. The Bertz CT molecular complexity index is 617. The number of aromatic nitrogens is 2. The van der Waals surface area contributed by atoms with Gasteiger partial charge in [-0.1, -0.05) is 6.07 Å². The fraction of sp³-hybridized carbons (Fsp3) is 0.333.